The van der Waals surface area contributed by atoms with Crippen molar-refractivity contribution in [1.82, 2.24) is 29.6 Å². The second kappa shape index (κ2) is 9.19. The molecule has 2 atom stereocenters. The molecule has 8 nitrogen and oxygen atoms in total. The highest BCUT2D eigenvalue weighted by Gasteiger charge is 2.47. The van der Waals surface area contributed by atoms with Gasteiger partial charge in [0.05, 0.1) is 23.7 Å². The molecule has 1 aliphatic rings. The van der Waals surface area contributed by atoms with Crippen molar-refractivity contribution in [3.8, 4) is 11.4 Å². The second-order valence-corrected chi connectivity index (χ2v) is 8.49. The molecule has 1 fully saturated rings. The Balaban J connectivity index is 1.60. The average molecular weight is 495 g/mol. The number of amides is 1. The predicted octanol–water partition coefficient (Wildman–Crippen LogP) is 3.89. The van der Waals surface area contributed by atoms with Gasteiger partial charge in [-0.05, 0) is 24.1 Å². The van der Waals surface area contributed by atoms with Crippen molar-refractivity contribution in [1.29, 1.82) is 0 Å². The zero-order valence-corrected chi connectivity index (χ0v) is 18.8. The predicted molar refractivity (Wildman–Crippen MR) is 116 cm³/mol. The molecule has 35 heavy (non-hydrogen) atoms. The number of hydrogen-bond donors (Lipinski definition) is 1. The van der Waals surface area contributed by atoms with Crippen LogP contribution in [0.25, 0.3) is 11.4 Å². The Morgan fingerprint density at radius 1 is 1.20 bits per heavy atom. The molecule has 1 amide bonds. The lowest BCUT2D eigenvalue weighted by atomic mass is 9.88. The van der Waals surface area contributed by atoms with Gasteiger partial charge in [0.2, 0.25) is 0 Å². The fraction of sp³-hybridized carbons (Fsp3) is 0.409. The highest BCUT2D eigenvalue weighted by Crippen LogP contribution is 2.36. The van der Waals surface area contributed by atoms with Crippen LogP contribution in [0.15, 0.2) is 43.0 Å². The molecule has 1 N–H and O–H groups in total. The Morgan fingerprint density at radius 2 is 1.91 bits per heavy atom. The zero-order chi connectivity index (χ0) is 25.4. The van der Waals surface area contributed by atoms with Gasteiger partial charge in [0, 0.05) is 44.8 Å². The van der Waals surface area contributed by atoms with Crippen LogP contribution in [0.5, 0.6) is 0 Å². The molecular formula is C22H22F5N7O. The summed E-state index contributed by atoms with van der Waals surface area (Å²) >= 11 is 0. The molecule has 4 heterocycles. The average Bonchev–Trinajstić information content (AvgIpc) is 3.19. The van der Waals surface area contributed by atoms with Crippen LogP contribution >= 0.6 is 0 Å². The number of rotatable bonds is 5. The van der Waals surface area contributed by atoms with E-state index < -0.39 is 48.5 Å². The first-order valence-corrected chi connectivity index (χ1v) is 10.7. The number of hydrogen-bond acceptors (Lipinski definition) is 6. The van der Waals surface area contributed by atoms with E-state index in [1.807, 2.05) is 0 Å². The van der Waals surface area contributed by atoms with E-state index in [0.717, 1.165) is 17.0 Å². The Bertz CT molecular complexity index is 1180. The molecule has 0 aliphatic carbocycles. The molecule has 3 aromatic heterocycles. The summed E-state index contributed by atoms with van der Waals surface area (Å²) in [5, 5.41) is 7.05. The van der Waals surface area contributed by atoms with Gasteiger partial charge in [0.15, 0.2) is 11.5 Å². The van der Waals surface area contributed by atoms with E-state index in [4.69, 9.17) is 0 Å². The van der Waals surface area contributed by atoms with Crippen LogP contribution in [-0.4, -0.2) is 60.6 Å². The van der Waals surface area contributed by atoms with Crippen LogP contribution < -0.4 is 5.32 Å². The number of aromatic nitrogens is 5. The third kappa shape index (κ3) is 5.38. The smallest absolute Gasteiger partial charge is 0.368 e. The number of nitrogens with zero attached hydrogens (tertiary/aromatic N) is 6. The quantitative estimate of drug-likeness (QED) is 0.541. The summed E-state index contributed by atoms with van der Waals surface area (Å²) in [6.45, 7) is 0.777. The number of nitrogens with one attached hydrogen (secondary N) is 1. The maximum atomic E-state index is 14.5. The molecule has 186 valence electrons. The molecule has 0 radical (unpaired) electrons. The van der Waals surface area contributed by atoms with Crippen molar-refractivity contribution in [2.24, 2.45) is 13.0 Å². The molecule has 13 heteroatoms. The van der Waals surface area contributed by atoms with E-state index in [0.29, 0.717) is 11.8 Å². The first-order valence-electron chi connectivity index (χ1n) is 10.7. The van der Waals surface area contributed by atoms with Crippen LogP contribution in [0.2, 0.25) is 0 Å². The van der Waals surface area contributed by atoms with Gasteiger partial charge in [-0.25, -0.2) is 23.7 Å². The van der Waals surface area contributed by atoms with E-state index in [2.05, 4.69) is 25.4 Å². The normalized spacial score (nSPS) is 20.0. The molecule has 0 bridgehead atoms. The highest BCUT2D eigenvalue weighted by atomic mass is 19.4. The molecular weight excluding hydrogens is 473 g/mol. The van der Waals surface area contributed by atoms with Crippen LogP contribution in [0.1, 0.15) is 29.4 Å². The van der Waals surface area contributed by atoms with Gasteiger partial charge in [0.1, 0.15) is 5.82 Å². The van der Waals surface area contributed by atoms with Crippen LogP contribution in [-0.2, 0) is 13.2 Å². The first-order chi connectivity index (χ1) is 16.4. The Hall–Kier alpha value is -3.64. The van der Waals surface area contributed by atoms with E-state index in [1.165, 1.54) is 23.3 Å². The monoisotopic (exact) mass is 495 g/mol. The summed E-state index contributed by atoms with van der Waals surface area (Å²) in [6, 6.07) is 2.93. The van der Waals surface area contributed by atoms with Gasteiger partial charge in [0.25, 0.3) is 11.8 Å². The number of piperidine rings is 1. The minimum atomic E-state index is -4.53. The van der Waals surface area contributed by atoms with Gasteiger partial charge in [-0.2, -0.15) is 18.3 Å². The van der Waals surface area contributed by atoms with Crippen LogP contribution in [0, 0.1) is 5.92 Å². The summed E-state index contributed by atoms with van der Waals surface area (Å²) in [5.41, 5.74) is -0.673. The zero-order valence-electron chi connectivity index (χ0n) is 18.8. The molecule has 4 rings (SSSR count). The van der Waals surface area contributed by atoms with Gasteiger partial charge in [-0.15, -0.1) is 0 Å². The molecule has 3 aromatic rings. The topological polar surface area (TPSA) is 88.8 Å². The van der Waals surface area contributed by atoms with E-state index in [9.17, 15) is 26.7 Å². The molecule has 0 saturated carbocycles. The van der Waals surface area contributed by atoms with Crippen molar-refractivity contribution < 1.29 is 26.7 Å². The number of halogens is 5. The van der Waals surface area contributed by atoms with Gasteiger partial charge >= 0.3 is 6.18 Å². The van der Waals surface area contributed by atoms with Crippen LogP contribution in [0.4, 0.5) is 27.8 Å². The molecule has 1 aliphatic heterocycles. The largest absolute Gasteiger partial charge is 0.417 e. The molecule has 0 spiro atoms. The maximum absolute atomic E-state index is 14.5. The number of pyridine rings is 1. The van der Waals surface area contributed by atoms with Crippen molar-refractivity contribution in [3.63, 3.8) is 0 Å². The fourth-order valence-electron chi connectivity index (χ4n) is 4.14. The Kier molecular flexibility index (Phi) is 6.43. The summed E-state index contributed by atoms with van der Waals surface area (Å²) < 4.78 is 68.8. The Morgan fingerprint density at radius 3 is 2.54 bits per heavy atom. The van der Waals surface area contributed by atoms with E-state index >= 15 is 0 Å². The SMILES string of the molecule is CC1CC(F)(F)CN(C(=O)c2nn(C)cc2-c2ncccn2)C1CNc1ccc(C(F)(F)F)cn1. The van der Waals surface area contributed by atoms with Gasteiger partial charge < -0.3 is 10.2 Å². The van der Waals surface area contributed by atoms with E-state index in [1.54, 1.807) is 20.0 Å². The number of likely N-dealkylation sites (tertiary alicyclic amines) is 1. The summed E-state index contributed by atoms with van der Waals surface area (Å²) in [6.07, 6.45) is 0.230. The van der Waals surface area contributed by atoms with Gasteiger partial charge in [-0.1, -0.05) is 6.92 Å². The van der Waals surface area contributed by atoms with Gasteiger partial charge in [-0.3, -0.25) is 9.48 Å². The lowest BCUT2D eigenvalue weighted by molar-refractivity contribution is -0.137. The lowest BCUT2D eigenvalue weighted by Crippen LogP contribution is -2.57. The number of carbonyl (C=O) groups excluding carboxylic acids is 1. The van der Waals surface area contributed by atoms with Crippen molar-refractivity contribution in [2.45, 2.75) is 31.5 Å². The van der Waals surface area contributed by atoms with Crippen molar-refractivity contribution in [2.75, 3.05) is 18.4 Å². The summed E-state index contributed by atoms with van der Waals surface area (Å²) in [4.78, 5) is 26.6. The van der Waals surface area contributed by atoms with E-state index in [-0.39, 0.29) is 23.9 Å². The summed E-state index contributed by atoms with van der Waals surface area (Å²) in [5.74, 6) is -4.09. The number of aryl methyl sites for hydroxylation is 1. The number of carbonyl (C=O) groups is 1. The second-order valence-electron chi connectivity index (χ2n) is 8.49. The van der Waals surface area contributed by atoms with Crippen molar-refractivity contribution >= 4 is 11.7 Å². The maximum Gasteiger partial charge on any atom is 0.417 e. The Labute approximate surface area is 197 Å². The third-order valence-electron chi connectivity index (χ3n) is 5.76. The standard InChI is InChI=1S/C22H22F5N7O/c1-13-8-21(23,24)12-34(16(13)10-31-17-5-4-14(9-30-17)22(25,26)27)20(35)18-15(11-33(2)32-18)19-28-6-3-7-29-19/h3-7,9,11,13,16H,8,10,12H2,1-2H3,(H,30,31). The van der Waals surface area contributed by atoms with Crippen LogP contribution in [0.3, 0.4) is 0 Å². The highest BCUT2D eigenvalue weighted by molar-refractivity contribution is 5.98. The number of alkyl halides is 5. The summed E-state index contributed by atoms with van der Waals surface area (Å²) in [7, 11) is 1.59. The minimum Gasteiger partial charge on any atom is -0.368 e. The molecule has 2 unspecified atom stereocenters. The van der Waals surface area contributed by atoms with Crippen molar-refractivity contribution in [3.05, 3.63) is 54.2 Å². The fourth-order valence-corrected chi connectivity index (χ4v) is 4.14. The first kappa shape index (κ1) is 24.5. The third-order valence-corrected chi connectivity index (χ3v) is 5.76. The minimum absolute atomic E-state index is 0.00531. The number of anilines is 1. The molecule has 1 saturated heterocycles. The lowest BCUT2D eigenvalue weighted by Gasteiger charge is -2.43. The molecule has 0 aromatic carbocycles.